The minimum Gasteiger partial charge on any atom is -0.314 e. The number of hydrogen-bond acceptors (Lipinski definition) is 2. The lowest BCUT2D eigenvalue weighted by atomic mass is 10.1. The fraction of sp³-hybridized carbons (Fsp3) is 0.583. The van der Waals surface area contributed by atoms with Crippen LogP contribution in [0.3, 0.4) is 0 Å². The van der Waals surface area contributed by atoms with Gasteiger partial charge in [0.2, 0.25) is 0 Å². The third-order valence-electron chi connectivity index (χ3n) is 2.40. The monoisotopic (exact) mass is 210 g/mol. The second-order valence-electron chi connectivity index (χ2n) is 3.68. The van der Waals surface area contributed by atoms with Crippen molar-refractivity contribution in [1.82, 2.24) is 10.3 Å². The lowest BCUT2D eigenvalue weighted by Crippen LogP contribution is -2.31. The molecule has 0 saturated carbocycles. The summed E-state index contributed by atoms with van der Waals surface area (Å²) in [5.74, 6) is -0.198. The summed E-state index contributed by atoms with van der Waals surface area (Å²) in [7, 11) is 0. The van der Waals surface area contributed by atoms with Crippen molar-refractivity contribution in [2.45, 2.75) is 39.2 Å². The van der Waals surface area contributed by atoms with Crippen molar-refractivity contribution in [2.75, 3.05) is 6.54 Å². The molecule has 1 unspecified atom stereocenters. The SMILES string of the molecule is CCCC(Cc1ncccc1F)NCC. The Labute approximate surface area is 90.9 Å². The Morgan fingerprint density at radius 1 is 1.47 bits per heavy atom. The Hall–Kier alpha value is -0.960. The third-order valence-corrected chi connectivity index (χ3v) is 2.40. The number of likely N-dealkylation sites (N-methyl/N-ethyl adjacent to an activating group) is 1. The Bertz CT molecular complexity index is 283. The van der Waals surface area contributed by atoms with Crippen LogP contribution in [-0.2, 0) is 6.42 Å². The minimum absolute atomic E-state index is 0.198. The van der Waals surface area contributed by atoms with Gasteiger partial charge in [0, 0.05) is 18.7 Å². The van der Waals surface area contributed by atoms with Gasteiger partial charge in [-0.2, -0.15) is 0 Å². The molecule has 1 N–H and O–H groups in total. The molecule has 0 fully saturated rings. The molecule has 1 aromatic rings. The highest BCUT2D eigenvalue weighted by Gasteiger charge is 2.10. The second-order valence-corrected chi connectivity index (χ2v) is 3.68. The van der Waals surface area contributed by atoms with E-state index in [0.717, 1.165) is 19.4 Å². The van der Waals surface area contributed by atoms with Crippen molar-refractivity contribution in [3.8, 4) is 0 Å². The van der Waals surface area contributed by atoms with Crippen LogP contribution in [0.1, 0.15) is 32.4 Å². The lowest BCUT2D eigenvalue weighted by Gasteiger charge is -2.16. The molecule has 3 heteroatoms. The van der Waals surface area contributed by atoms with Crippen LogP contribution in [0.25, 0.3) is 0 Å². The number of nitrogens with zero attached hydrogens (tertiary/aromatic N) is 1. The first-order valence-electron chi connectivity index (χ1n) is 5.60. The van der Waals surface area contributed by atoms with Crippen LogP contribution in [0.5, 0.6) is 0 Å². The van der Waals surface area contributed by atoms with Crippen molar-refractivity contribution in [3.05, 3.63) is 29.8 Å². The van der Waals surface area contributed by atoms with E-state index in [4.69, 9.17) is 0 Å². The topological polar surface area (TPSA) is 24.9 Å². The summed E-state index contributed by atoms with van der Waals surface area (Å²) in [6.07, 6.45) is 4.48. The molecule has 0 aliphatic rings. The number of aromatic nitrogens is 1. The molecular weight excluding hydrogens is 191 g/mol. The fourth-order valence-corrected chi connectivity index (χ4v) is 1.72. The molecule has 2 nitrogen and oxygen atoms in total. The van der Waals surface area contributed by atoms with E-state index < -0.39 is 0 Å². The zero-order chi connectivity index (χ0) is 11.1. The van der Waals surface area contributed by atoms with E-state index in [2.05, 4.69) is 24.1 Å². The number of pyridine rings is 1. The summed E-state index contributed by atoms with van der Waals surface area (Å²) in [5.41, 5.74) is 0.567. The smallest absolute Gasteiger partial charge is 0.144 e. The summed E-state index contributed by atoms with van der Waals surface area (Å²) in [6.45, 7) is 5.12. The molecule has 84 valence electrons. The van der Waals surface area contributed by atoms with E-state index in [-0.39, 0.29) is 5.82 Å². The van der Waals surface area contributed by atoms with E-state index in [1.807, 2.05) is 0 Å². The highest BCUT2D eigenvalue weighted by atomic mass is 19.1. The largest absolute Gasteiger partial charge is 0.314 e. The Kier molecular flexibility index (Phi) is 5.26. The van der Waals surface area contributed by atoms with Gasteiger partial charge >= 0.3 is 0 Å². The van der Waals surface area contributed by atoms with Gasteiger partial charge in [0.25, 0.3) is 0 Å². The van der Waals surface area contributed by atoms with Crippen molar-refractivity contribution in [3.63, 3.8) is 0 Å². The van der Waals surface area contributed by atoms with E-state index >= 15 is 0 Å². The van der Waals surface area contributed by atoms with Crippen LogP contribution < -0.4 is 5.32 Å². The molecular formula is C12H19FN2. The molecule has 0 spiro atoms. The molecule has 1 rings (SSSR count). The zero-order valence-corrected chi connectivity index (χ0v) is 9.46. The molecule has 0 saturated heterocycles. The van der Waals surface area contributed by atoms with Gasteiger partial charge in [-0.05, 0) is 25.1 Å². The summed E-state index contributed by atoms with van der Waals surface area (Å²) in [5, 5.41) is 3.35. The average molecular weight is 210 g/mol. The molecule has 0 aliphatic heterocycles. The van der Waals surface area contributed by atoms with Gasteiger partial charge in [-0.3, -0.25) is 4.98 Å². The van der Waals surface area contributed by atoms with Gasteiger partial charge in [-0.15, -0.1) is 0 Å². The van der Waals surface area contributed by atoms with Gasteiger partial charge in [0.05, 0.1) is 5.69 Å². The molecule has 1 aromatic heterocycles. The Morgan fingerprint density at radius 2 is 2.27 bits per heavy atom. The normalized spacial score (nSPS) is 12.7. The summed E-state index contributed by atoms with van der Waals surface area (Å²) < 4.78 is 13.3. The maximum atomic E-state index is 13.3. The van der Waals surface area contributed by atoms with E-state index in [1.165, 1.54) is 6.07 Å². The van der Waals surface area contributed by atoms with Crippen LogP contribution in [-0.4, -0.2) is 17.6 Å². The maximum absolute atomic E-state index is 13.3. The van der Waals surface area contributed by atoms with Crippen LogP contribution in [0, 0.1) is 5.82 Å². The standard InChI is InChI=1S/C12H19FN2/c1-3-6-10(14-4-2)9-12-11(13)7-5-8-15-12/h5,7-8,10,14H,3-4,6,9H2,1-2H3. The first kappa shape index (κ1) is 12.1. The van der Waals surface area contributed by atoms with Crippen LogP contribution in [0.15, 0.2) is 18.3 Å². The summed E-state index contributed by atoms with van der Waals surface area (Å²) >= 11 is 0. The molecule has 0 bridgehead atoms. The molecule has 0 aliphatic carbocycles. The number of hydrogen-bond donors (Lipinski definition) is 1. The second kappa shape index (κ2) is 6.51. The van der Waals surface area contributed by atoms with Gasteiger partial charge in [-0.1, -0.05) is 20.3 Å². The highest BCUT2D eigenvalue weighted by Crippen LogP contribution is 2.08. The van der Waals surface area contributed by atoms with Crippen LogP contribution in [0.4, 0.5) is 4.39 Å². The minimum atomic E-state index is -0.198. The zero-order valence-electron chi connectivity index (χ0n) is 9.46. The lowest BCUT2D eigenvalue weighted by molar-refractivity contribution is 0.469. The van der Waals surface area contributed by atoms with E-state index in [1.54, 1.807) is 12.3 Å². The van der Waals surface area contributed by atoms with Crippen molar-refractivity contribution >= 4 is 0 Å². The van der Waals surface area contributed by atoms with Gasteiger partial charge in [0.15, 0.2) is 0 Å². The predicted molar refractivity (Wildman–Crippen MR) is 60.3 cm³/mol. The quantitative estimate of drug-likeness (QED) is 0.780. The number of nitrogens with one attached hydrogen (secondary N) is 1. The molecule has 1 atom stereocenters. The van der Waals surface area contributed by atoms with Gasteiger partial charge in [-0.25, -0.2) is 4.39 Å². The Balaban J connectivity index is 2.60. The molecule has 0 radical (unpaired) electrons. The van der Waals surface area contributed by atoms with E-state index in [0.29, 0.717) is 18.2 Å². The molecule has 0 amide bonds. The third kappa shape index (κ3) is 3.96. The van der Waals surface area contributed by atoms with Crippen molar-refractivity contribution < 1.29 is 4.39 Å². The molecule has 0 aromatic carbocycles. The van der Waals surface area contributed by atoms with Crippen molar-refractivity contribution in [2.24, 2.45) is 0 Å². The van der Waals surface area contributed by atoms with Gasteiger partial charge < -0.3 is 5.32 Å². The van der Waals surface area contributed by atoms with Crippen LogP contribution in [0.2, 0.25) is 0 Å². The average Bonchev–Trinajstić information content (AvgIpc) is 2.22. The highest BCUT2D eigenvalue weighted by molar-refractivity contribution is 5.08. The number of halogens is 1. The predicted octanol–water partition coefficient (Wildman–Crippen LogP) is 2.54. The van der Waals surface area contributed by atoms with Gasteiger partial charge in [0.1, 0.15) is 5.82 Å². The Morgan fingerprint density at radius 3 is 2.87 bits per heavy atom. The summed E-state index contributed by atoms with van der Waals surface area (Å²) in [4.78, 5) is 4.07. The van der Waals surface area contributed by atoms with Crippen LogP contribution >= 0.6 is 0 Å². The first-order chi connectivity index (χ1) is 7.27. The molecule has 1 heterocycles. The molecule has 15 heavy (non-hydrogen) atoms. The fourth-order valence-electron chi connectivity index (χ4n) is 1.72. The maximum Gasteiger partial charge on any atom is 0.144 e. The number of rotatable bonds is 6. The summed E-state index contributed by atoms with van der Waals surface area (Å²) in [6, 6.07) is 3.43. The van der Waals surface area contributed by atoms with Crippen molar-refractivity contribution in [1.29, 1.82) is 0 Å². The van der Waals surface area contributed by atoms with E-state index in [9.17, 15) is 4.39 Å². The first-order valence-corrected chi connectivity index (χ1v) is 5.60.